The van der Waals surface area contributed by atoms with Gasteiger partial charge in [0, 0.05) is 60.2 Å². The minimum absolute atomic E-state index is 0.444. The Bertz CT molecular complexity index is 2170. The van der Waals surface area contributed by atoms with Crippen LogP contribution in [-0.4, -0.2) is 73.3 Å². The van der Waals surface area contributed by atoms with Crippen LogP contribution in [0, 0.1) is 0 Å². The molecule has 9 rings (SSSR count). The van der Waals surface area contributed by atoms with Gasteiger partial charge in [-0.25, -0.2) is 0 Å². The molecule has 4 aliphatic rings. The van der Waals surface area contributed by atoms with Crippen LogP contribution < -0.4 is 19.1 Å². The first-order chi connectivity index (χ1) is 26.6. The second-order valence-electron chi connectivity index (χ2n) is 20.3. The average molecular weight is 858 g/mol. The van der Waals surface area contributed by atoms with Gasteiger partial charge in [-0.2, -0.15) is 0 Å². The zero-order chi connectivity index (χ0) is 42.0. The van der Waals surface area contributed by atoms with Crippen molar-refractivity contribution in [2.24, 2.45) is 0 Å². The van der Waals surface area contributed by atoms with E-state index in [2.05, 4.69) is 147 Å². The fourth-order valence-electron chi connectivity index (χ4n) is 7.59. The fourth-order valence-corrected chi connectivity index (χ4v) is 12.2. The van der Waals surface area contributed by atoms with Crippen molar-refractivity contribution in [1.29, 1.82) is 0 Å². The van der Waals surface area contributed by atoms with Crippen LogP contribution in [-0.2, 0) is 37.2 Å². The molecule has 5 aromatic rings. The molecule has 8 nitrogen and oxygen atoms in total. The predicted octanol–water partition coefficient (Wildman–Crippen LogP) is 8.77. The third-order valence-corrected chi connectivity index (χ3v) is 18.8. The smallest absolute Gasteiger partial charge is 0.399 e. The van der Waals surface area contributed by atoms with Gasteiger partial charge in [0.05, 0.1) is 44.8 Å². The van der Waals surface area contributed by atoms with E-state index < -0.39 is 73.3 Å². The molecule has 0 atom stereocenters. The van der Waals surface area contributed by atoms with Gasteiger partial charge in [0.15, 0.2) is 0 Å². The lowest BCUT2D eigenvalue weighted by Crippen LogP contribution is -2.41. The second kappa shape index (κ2) is 13.0. The highest BCUT2D eigenvalue weighted by Gasteiger charge is 2.56. The standard InChI is InChI=1S/C42H54B4O8S4/c1-35(2)36(3,4)48-43(47-35)27-19-17-25(55-27)31-23-21-29(45-51-39(9,10)40(11,12)52-45)58-34(23)32(26-18-20-28(56-26)44-49-37(5,6)38(7,8)50-44)24-22-30(57-33(24)31)46-53-41(13,14)42(15,16)54-46/h17-22H,1-16H3. The number of thiophene rings is 4. The van der Waals surface area contributed by atoms with Crippen LogP contribution in [0.3, 0.4) is 0 Å². The maximum atomic E-state index is 6.69. The quantitative estimate of drug-likeness (QED) is 0.157. The normalized spacial score (nSPS) is 25.0. The van der Waals surface area contributed by atoms with Crippen LogP contribution in [0.5, 0.6) is 0 Å². The third kappa shape index (κ3) is 6.36. The molecule has 0 radical (unpaired) electrons. The zero-order valence-electron chi connectivity index (χ0n) is 36.7. The highest BCUT2D eigenvalue weighted by atomic mass is 32.1. The molecule has 16 heteroatoms. The van der Waals surface area contributed by atoms with Crippen molar-refractivity contribution in [3.05, 3.63) is 36.4 Å². The molecule has 1 aromatic carbocycles. The van der Waals surface area contributed by atoms with E-state index in [9.17, 15) is 0 Å². The summed E-state index contributed by atoms with van der Waals surface area (Å²) in [5, 5.41) is 2.29. The lowest BCUT2D eigenvalue weighted by Gasteiger charge is -2.32. The lowest BCUT2D eigenvalue weighted by atomic mass is 9.86. The van der Waals surface area contributed by atoms with Crippen LogP contribution >= 0.6 is 45.3 Å². The first-order valence-electron chi connectivity index (χ1n) is 20.3. The van der Waals surface area contributed by atoms with E-state index >= 15 is 0 Å². The maximum absolute atomic E-state index is 6.69. The van der Waals surface area contributed by atoms with Gasteiger partial charge in [0.2, 0.25) is 0 Å². The summed E-state index contributed by atoms with van der Waals surface area (Å²) >= 11 is 6.94. The molecular weight excluding hydrogens is 804 g/mol. The molecule has 8 heterocycles. The SMILES string of the molecule is CC1(C)OB(c2ccc(-c3c4cc(B5OC(C)(C)C(C)(C)O5)sc4c(-c4ccc(B5OC(C)(C)C(C)(C)O5)s4)c4cc(B5OC(C)(C)C(C)(C)O5)sc34)s2)OC1(C)C. The number of benzene rings is 1. The molecule has 0 N–H and O–H groups in total. The number of rotatable bonds is 6. The highest BCUT2D eigenvalue weighted by Crippen LogP contribution is 2.51. The summed E-state index contributed by atoms with van der Waals surface area (Å²) < 4.78 is 59.4. The molecule has 0 saturated carbocycles. The van der Waals surface area contributed by atoms with E-state index in [-0.39, 0.29) is 0 Å². The summed E-state index contributed by atoms with van der Waals surface area (Å²) in [5.41, 5.74) is -1.36. The Morgan fingerprint density at radius 2 is 0.569 bits per heavy atom. The van der Waals surface area contributed by atoms with E-state index in [0.717, 1.165) is 50.8 Å². The summed E-state index contributed by atoms with van der Waals surface area (Å²) in [5.74, 6) is 0. The Kier molecular flexibility index (Phi) is 9.38. The Morgan fingerprint density at radius 1 is 0.328 bits per heavy atom. The van der Waals surface area contributed by atoms with E-state index in [1.807, 2.05) is 0 Å². The number of fused-ring (bicyclic) bond motifs is 2. The molecule has 306 valence electrons. The first-order valence-corrected chi connectivity index (χ1v) is 23.5. The van der Waals surface area contributed by atoms with Gasteiger partial charge in [0.25, 0.3) is 0 Å². The van der Waals surface area contributed by atoms with Gasteiger partial charge in [-0.15, -0.1) is 45.3 Å². The minimum Gasteiger partial charge on any atom is -0.399 e. The Hall–Kier alpha value is -1.52. The van der Waals surface area contributed by atoms with Crippen LogP contribution in [0.4, 0.5) is 0 Å². The van der Waals surface area contributed by atoms with Gasteiger partial charge >= 0.3 is 28.5 Å². The summed E-state index contributed by atoms with van der Waals surface area (Å²) in [7, 11) is -1.93. The first kappa shape index (κ1) is 41.8. The van der Waals surface area contributed by atoms with Crippen molar-refractivity contribution in [3.63, 3.8) is 0 Å². The fraction of sp³-hybridized carbons (Fsp3) is 0.571. The van der Waals surface area contributed by atoms with E-state index in [1.54, 1.807) is 45.3 Å². The van der Waals surface area contributed by atoms with Crippen LogP contribution in [0.2, 0.25) is 0 Å². The molecule has 0 aliphatic carbocycles. The van der Waals surface area contributed by atoms with Crippen molar-refractivity contribution < 1.29 is 37.2 Å². The number of hydrogen-bond acceptors (Lipinski definition) is 12. The Balaban J connectivity index is 1.26. The second-order valence-corrected chi connectivity index (χ2v) is 24.7. The molecule has 0 bridgehead atoms. The van der Waals surface area contributed by atoms with Gasteiger partial charge in [0.1, 0.15) is 0 Å². The molecule has 4 aliphatic heterocycles. The molecular formula is C42H54B4O8S4. The van der Waals surface area contributed by atoms with Gasteiger partial charge in [-0.1, -0.05) is 12.1 Å². The Labute approximate surface area is 361 Å². The van der Waals surface area contributed by atoms with Gasteiger partial charge in [-0.3, -0.25) is 0 Å². The van der Waals surface area contributed by atoms with E-state index in [0.29, 0.717) is 0 Å². The maximum Gasteiger partial charge on any atom is 0.505 e. The average Bonchev–Trinajstić information content (AvgIpc) is 3.94. The molecule has 0 spiro atoms. The summed E-state index contributed by atoms with van der Waals surface area (Å²) in [6.07, 6.45) is 0. The summed E-state index contributed by atoms with van der Waals surface area (Å²) in [4.78, 5) is 2.27. The van der Waals surface area contributed by atoms with Crippen molar-refractivity contribution in [1.82, 2.24) is 0 Å². The third-order valence-electron chi connectivity index (χ3n) is 14.2. The topological polar surface area (TPSA) is 73.8 Å². The van der Waals surface area contributed by atoms with Crippen molar-refractivity contribution >= 4 is 113 Å². The van der Waals surface area contributed by atoms with Crippen LogP contribution in [0.25, 0.3) is 41.1 Å². The van der Waals surface area contributed by atoms with Crippen LogP contribution in [0.15, 0.2) is 36.4 Å². The molecule has 0 unspecified atom stereocenters. The zero-order valence-corrected chi connectivity index (χ0v) is 39.9. The molecule has 4 aromatic heterocycles. The molecule has 4 fully saturated rings. The highest BCUT2D eigenvalue weighted by molar-refractivity contribution is 7.32. The number of hydrogen-bond donors (Lipinski definition) is 0. The largest absolute Gasteiger partial charge is 0.505 e. The predicted molar refractivity (Wildman–Crippen MR) is 247 cm³/mol. The minimum atomic E-state index is -0.506. The lowest BCUT2D eigenvalue weighted by molar-refractivity contribution is 0.00578. The molecule has 4 saturated heterocycles. The van der Waals surface area contributed by atoms with Crippen molar-refractivity contribution in [3.8, 4) is 20.9 Å². The van der Waals surface area contributed by atoms with Crippen LogP contribution in [0.1, 0.15) is 111 Å². The van der Waals surface area contributed by atoms with E-state index in [4.69, 9.17) is 37.2 Å². The van der Waals surface area contributed by atoms with Crippen molar-refractivity contribution in [2.45, 2.75) is 156 Å². The summed E-state index contributed by atoms with van der Waals surface area (Å²) in [6.45, 7) is 33.6. The summed E-state index contributed by atoms with van der Waals surface area (Å²) in [6, 6.07) is 13.4. The molecule has 0 amide bonds. The van der Waals surface area contributed by atoms with E-state index in [1.165, 1.54) is 9.40 Å². The van der Waals surface area contributed by atoms with Gasteiger partial charge < -0.3 is 37.2 Å². The van der Waals surface area contributed by atoms with Gasteiger partial charge in [-0.05, 0) is 135 Å². The monoisotopic (exact) mass is 858 g/mol. The Morgan fingerprint density at radius 3 is 0.828 bits per heavy atom. The van der Waals surface area contributed by atoms with Crippen molar-refractivity contribution in [2.75, 3.05) is 0 Å². The molecule has 58 heavy (non-hydrogen) atoms.